The zero-order valence-corrected chi connectivity index (χ0v) is 22.0. The van der Waals surface area contributed by atoms with Crippen LogP contribution in [0.3, 0.4) is 0 Å². The molecule has 0 amide bonds. The van der Waals surface area contributed by atoms with Crippen molar-refractivity contribution in [2.24, 2.45) is 0 Å². The average Bonchev–Trinajstić information content (AvgIpc) is 3.36. The zero-order valence-electron chi connectivity index (χ0n) is 20.4. The fourth-order valence-electron chi connectivity index (χ4n) is 4.92. The first-order valence-electron chi connectivity index (χ1n) is 12.1. The molecule has 4 aromatic rings. The molecule has 9 nitrogen and oxygen atoms in total. The minimum atomic E-state index is -1.20. The summed E-state index contributed by atoms with van der Waals surface area (Å²) in [5.74, 6) is -0.457. The predicted molar refractivity (Wildman–Crippen MR) is 143 cm³/mol. The Bertz CT molecular complexity index is 1400. The molecule has 1 aliphatic carbocycles. The molecule has 5 rings (SSSR count). The summed E-state index contributed by atoms with van der Waals surface area (Å²) in [5, 5.41) is 14.4. The molecular formula is C27H28BrN5O4. The number of benzene rings is 1. The highest BCUT2D eigenvalue weighted by Gasteiger charge is 2.44. The van der Waals surface area contributed by atoms with Gasteiger partial charge in [0, 0.05) is 35.9 Å². The maximum Gasteiger partial charge on any atom is 0.335 e. The van der Waals surface area contributed by atoms with E-state index >= 15 is 0 Å². The quantitative estimate of drug-likeness (QED) is 0.287. The number of pyridine rings is 1. The van der Waals surface area contributed by atoms with E-state index in [4.69, 9.17) is 20.2 Å². The molecular weight excluding hydrogens is 538 g/mol. The lowest BCUT2D eigenvalue weighted by molar-refractivity contribution is -0.173. The van der Waals surface area contributed by atoms with Crippen molar-refractivity contribution < 1.29 is 19.4 Å². The van der Waals surface area contributed by atoms with Crippen LogP contribution in [0, 0.1) is 0 Å². The number of halogens is 1. The Labute approximate surface area is 222 Å². The second-order valence-electron chi connectivity index (χ2n) is 9.20. The number of carboxylic acid groups (broad SMARTS) is 1. The van der Waals surface area contributed by atoms with E-state index in [2.05, 4.69) is 26.0 Å². The molecule has 0 unspecified atom stereocenters. The number of methoxy groups -OCH3 is 1. The molecule has 0 saturated heterocycles. The summed E-state index contributed by atoms with van der Waals surface area (Å²) in [4.78, 5) is 21.7. The van der Waals surface area contributed by atoms with Crippen LogP contribution in [0.25, 0.3) is 28.0 Å². The van der Waals surface area contributed by atoms with Gasteiger partial charge in [-0.15, -0.1) is 0 Å². The summed E-state index contributed by atoms with van der Waals surface area (Å²) < 4.78 is 13.1. The maximum absolute atomic E-state index is 12.1. The number of nitrogens with two attached hydrogens (primary N) is 1. The standard InChI is InChI=1S/C27H28BrN5O4/c1-36-13-14-37-27(26(34)35)11-9-18(10-12-27)23-22(28)24(29)33-25(32-23)20(16-31-33)19-7-8-21(30-15-19)17-5-3-2-4-6-17/h2-8,15-16,18H,9-14,29H2,1H3,(H,34,35)/t18-,27+. The summed E-state index contributed by atoms with van der Waals surface area (Å²) in [5.41, 5.74) is 10.3. The number of anilines is 1. The van der Waals surface area contributed by atoms with Crippen molar-refractivity contribution in [3.8, 4) is 22.4 Å². The highest BCUT2D eigenvalue weighted by atomic mass is 79.9. The van der Waals surface area contributed by atoms with E-state index in [9.17, 15) is 9.90 Å². The fourth-order valence-corrected chi connectivity index (χ4v) is 5.50. The van der Waals surface area contributed by atoms with Gasteiger partial charge >= 0.3 is 5.97 Å². The van der Waals surface area contributed by atoms with Crippen molar-refractivity contribution in [3.63, 3.8) is 0 Å². The van der Waals surface area contributed by atoms with E-state index < -0.39 is 11.6 Å². The number of aromatic nitrogens is 4. The first kappa shape index (κ1) is 25.3. The Balaban J connectivity index is 1.44. The second kappa shape index (κ2) is 10.6. The molecule has 1 saturated carbocycles. The van der Waals surface area contributed by atoms with Gasteiger partial charge in [0.05, 0.1) is 35.3 Å². The number of aliphatic carboxylic acids is 1. The SMILES string of the molecule is COCCO[C@]1(C(=O)O)CC[C@H](c2nc3c(-c4ccc(-c5ccccc5)nc4)cnn3c(N)c2Br)CC1. The molecule has 3 aromatic heterocycles. The summed E-state index contributed by atoms with van der Waals surface area (Å²) in [7, 11) is 1.57. The lowest BCUT2D eigenvalue weighted by atomic mass is 9.77. The monoisotopic (exact) mass is 565 g/mol. The van der Waals surface area contributed by atoms with Gasteiger partial charge in [-0.2, -0.15) is 9.61 Å². The third kappa shape index (κ3) is 4.84. The zero-order chi connectivity index (χ0) is 26.0. The summed E-state index contributed by atoms with van der Waals surface area (Å²) >= 11 is 3.62. The fraction of sp³-hybridized carbons (Fsp3) is 0.333. The minimum absolute atomic E-state index is 0.0292. The van der Waals surface area contributed by atoms with E-state index in [1.54, 1.807) is 17.8 Å². The number of rotatable bonds is 8. The molecule has 0 bridgehead atoms. The number of nitrogen functional groups attached to an aromatic ring is 1. The van der Waals surface area contributed by atoms with E-state index in [0.29, 0.717) is 48.2 Å². The Morgan fingerprint density at radius 1 is 1.14 bits per heavy atom. The molecule has 0 spiro atoms. The molecule has 37 heavy (non-hydrogen) atoms. The first-order chi connectivity index (χ1) is 17.9. The number of carbonyl (C=O) groups is 1. The van der Waals surface area contributed by atoms with Crippen LogP contribution in [0.15, 0.2) is 59.3 Å². The van der Waals surface area contributed by atoms with Crippen LogP contribution in [0.4, 0.5) is 5.82 Å². The van der Waals surface area contributed by atoms with Crippen LogP contribution in [0.2, 0.25) is 0 Å². The van der Waals surface area contributed by atoms with E-state index in [-0.39, 0.29) is 12.5 Å². The van der Waals surface area contributed by atoms with E-state index in [1.165, 1.54) is 0 Å². The first-order valence-corrected chi connectivity index (χ1v) is 12.9. The Morgan fingerprint density at radius 2 is 1.89 bits per heavy atom. The molecule has 3 N–H and O–H groups in total. The van der Waals surface area contributed by atoms with E-state index in [0.717, 1.165) is 28.1 Å². The number of hydrogen-bond donors (Lipinski definition) is 2. The van der Waals surface area contributed by atoms with Gasteiger partial charge in [0.15, 0.2) is 11.2 Å². The molecule has 0 aliphatic heterocycles. The lowest BCUT2D eigenvalue weighted by Crippen LogP contribution is -2.45. The highest BCUT2D eigenvalue weighted by Crippen LogP contribution is 2.43. The summed E-state index contributed by atoms with van der Waals surface area (Å²) in [6.45, 7) is 0.592. The van der Waals surface area contributed by atoms with Crippen molar-refractivity contribution in [1.82, 2.24) is 19.6 Å². The summed E-state index contributed by atoms with van der Waals surface area (Å²) in [6.07, 6.45) is 5.54. The van der Waals surface area contributed by atoms with Crippen molar-refractivity contribution in [3.05, 3.63) is 65.0 Å². The van der Waals surface area contributed by atoms with Gasteiger partial charge in [0.2, 0.25) is 0 Å². The smallest absolute Gasteiger partial charge is 0.335 e. The molecule has 0 atom stereocenters. The normalized spacial score (nSPS) is 19.8. The van der Waals surface area contributed by atoms with Gasteiger partial charge in [-0.1, -0.05) is 36.4 Å². The van der Waals surface area contributed by atoms with Gasteiger partial charge in [-0.05, 0) is 47.7 Å². The van der Waals surface area contributed by atoms with Gasteiger partial charge < -0.3 is 20.3 Å². The molecule has 1 fully saturated rings. The highest BCUT2D eigenvalue weighted by molar-refractivity contribution is 9.10. The predicted octanol–water partition coefficient (Wildman–Crippen LogP) is 4.95. The van der Waals surface area contributed by atoms with Crippen molar-refractivity contribution >= 4 is 33.4 Å². The second-order valence-corrected chi connectivity index (χ2v) is 10.00. The Morgan fingerprint density at radius 3 is 2.54 bits per heavy atom. The number of carboxylic acids is 1. The molecule has 1 aliphatic rings. The van der Waals surface area contributed by atoms with Crippen LogP contribution >= 0.6 is 15.9 Å². The van der Waals surface area contributed by atoms with Crippen LogP contribution in [0.1, 0.15) is 37.3 Å². The molecule has 1 aromatic carbocycles. The third-order valence-electron chi connectivity index (χ3n) is 7.03. The largest absolute Gasteiger partial charge is 0.479 e. The lowest BCUT2D eigenvalue weighted by Gasteiger charge is -2.36. The van der Waals surface area contributed by atoms with Crippen molar-refractivity contribution in [1.29, 1.82) is 0 Å². The van der Waals surface area contributed by atoms with Crippen molar-refractivity contribution in [2.45, 2.75) is 37.2 Å². The van der Waals surface area contributed by atoms with Crippen LogP contribution in [0.5, 0.6) is 0 Å². The third-order valence-corrected chi connectivity index (χ3v) is 7.84. The topological polar surface area (TPSA) is 125 Å². The molecule has 3 heterocycles. The van der Waals surface area contributed by atoms with Crippen LogP contribution < -0.4 is 5.73 Å². The Kier molecular flexibility index (Phi) is 7.23. The van der Waals surface area contributed by atoms with Crippen molar-refractivity contribution in [2.75, 3.05) is 26.1 Å². The molecule has 0 radical (unpaired) electrons. The van der Waals surface area contributed by atoms with E-state index in [1.807, 2.05) is 48.7 Å². The summed E-state index contributed by atoms with van der Waals surface area (Å²) in [6, 6.07) is 14.0. The number of hydrogen-bond acceptors (Lipinski definition) is 7. The molecule has 192 valence electrons. The van der Waals surface area contributed by atoms with Gasteiger partial charge in [-0.3, -0.25) is 4.98 Å². The Hall–Kier alpha value is -3.34. The van der Waals surface area contributed by atoms with Gasteiger partial charge in [-0.25, -0.2) is 9.78 Å². The minimum Gasteiger partial charge on any atom is -0.479 e. The number of fused-ring (bicyclic) bond motifs is 1. The van der Waals surface area contributed by atoms with Gasteiger partial charge in [0.25, 0.3) is 0 Å². The average molecular weight is 566 g/mol. The molecule has 10 heteroatoms. The number of nitrogens with zero attached hydrogens (tertiary/aromatic N) is 4. The maximum atomic E-state index is 12.1. The van der Waals surface area contributed by atoms with Crippen LogP contribution in [-0.2, 0) is 14.3 Å². The van der Waals surface area contributed by atoms with Crippen LogP contribution in [-0.4, -0.2) is 56.6 Å². The number of ether oxygens (including phenoxy) is 2. The van der Waals surface area contributed by atoms with Gasteiger partial charge in [0.1, 0.15) is 5.82 Å².